The highest BCUT2D eigenvalue weighted by Crippen LogP contribution is 2.39. The first-order valence-corrected chi connectivity index (χ1v) is 7.28. The molecule has 3 rings (SSSR count). The summed E-state index contributed by atoms with van der Waals surface area (Å²) >= 11 is 0. The van der Waals surface area contributed by atoms with Crippen LogP contribution in [0.5, 0.6) is 0 Å². The van der Waals surface area contributed by atoms with Crippen molar-refractivity contribution in [2.45, 2.75) is 49.9 Å². The molecule has 0 aromatic heterocycles. The fourth-order valence-corrected chi connectivity index (χ4v) is 3.35. The van der Waals surface area contributed by atoms with Crippen LogP contribution in [0.4, 0.5) is 0 Å². The summed E-state index contributed by atoms with van der Waals surface area (Å²) in [4.78, 5) is 14.3. The number of nitrogens with zero attached hydrogens (tertiary/aromatic N) is 1. The van der Waals surface area contributed by atoms with Crippen molar-refractivity contribution in [3.63, 3.8) is 0 Å². The summed E-state index contributed by atoms with van der Waals surface area (Å²) in [5, 5.41) is 0. The predicted octanol–water partition coefficient (Wildman–Crippen LogP) is 1.31. The molecule has 0 radical (unpaired) electrons. The topological polar surface area (TPSA) is 48.0 Å². The van der Waals surface area contributed by atoms with Crippen molar-refractivity contribution in [3.05, 3.63) is 0 Å². The average Bonchev–Trinajstić information content (AvgIpc) is 2.81. The summed E-state index contributed by atoms with van der Waals surface area (Å²) in [5.74, 6) is -0.340. The quantitative estimate of drug-likeness (QED) is 0.775. The largest absolute Gasteiger partial charge is 0.378 e. The second-order valence-electron chi connectivity index (χ2n) is 5.94. The molecule has 2 saturated heterocycles. The van der Waals surface area contributed by atoms with Crippen molar-refractivity contribution < 1.29 is 19.0 Å². The lowest BCUT2D eigenvalue weighted by atomic mass is 9.77. The van der Waals surface area contributed by atoms with Gasteiger partial charge in [0.1, 0.15) is 0 Å². The Kier molecular flexibility index (Phi) is 3.53. The smallest absolute Gasteiger partial charge is 0.225 e. The van der Waals surface area contributed by atoms with E-state index in [1.807, 2.05) is 4.90 Å². The number of amides is 1. The molecule has 2 aliphatic heterocycles. The second kappa shape index (κ2) is 5.04. The van der Waals surface area contributed by atoms with Crippen LogP contribution in [0.1, 0.15) is 38.5 Å². The molecule has 1 aliphatic carbocycles. The molecule has 0 bridgehead atoms. The standard InChI is InChI=1S/C14H23NO4/c1-17-13(4-2-5-13)10-12(16)15-7-3-6-14(11-15)18-8-9-19-14/h2-11H2,1H3. The normalized spacial score (nSPS) is 28.4. The molecule has 1 amide bonds. The van der Waals surface area contributed by atoms with Gasteiger partial charge in [-0.25, -0.2) is 0 Å². The van der Waals surface area contributed by atoms with Crippen LogP contribution in [0.3, 0.4) is 0 Å². The van der Waals surface area contributed by atoms with Crippen LogP contribution in [0, 0.1) is 0 Å². The zero-order valence-corrected chi connectivity index (χ0v) is 11.7. The molecule has 5 nitrogen and oxygen atoms in total. The number of methoxy groups -OCH3 is 1. The maximum absolute atomic E-state index is 12.4. The second-order valence-corrected chi connectivity index (χ2v) is 5.94. The van der Waals surface area contributed by atoms with E-state index >= 15 is 0 Å². The fourth-order valence-electron chi connectivity index (χ4n) is 3.35. The van der Waals surface area contributed by atoms with Gasteiger partial charge in [0.2, 0.25) is 5.91 Å². The van der Waals surface area contributed by atoms with Gasteiger partial charge in [-0.05, 0) is 25.7 Å². The van der Waals surface area contributed by atoms with Crippen molar-refractivity contribution in [1.29, 1.82) is 0 Å². The highest BCUT2D eigenvalue weighted by molar-refractivity contribution is 5.77. The maximum Gasteiger partial charge on any atom is 0.225 e. The minimum absolute atomic E-state index is 0.180. The van der Waals surface area contributed by atoms with Crippen LogP contribution < -0.4 is 0 Å². The summed E-state index contributed by atoms with van der Waals surface area (Å²) < 4.78 is 17.0. The first-order chi connectivity index (χ1) is 9.17. The molecule has 0 unspecified atom stereocenters. The third-order valence-corrected chi connectivity index (χ3v) is 4.75. The summed E-state index contributed by atoms with van der Waals surface area (Å²) in [6.07, 6.45) is 5.51. The molecule has 19 heavy (non-hydrogen) atoms. The first kappa shape index (κ1) is 13.3. The molecule has 3 fully saturated rings. The van der Waals surface area contributed by atoms with Gasteiger partial charge in [-0.1, -0.05) is 0 Å². The number of carbonyl (C=O) groups excluding carboxylic acids is 1. The van der Waals surface area contributed by atoms with E-state index in [-0.39, 0.29) is 11.5 Å². The lowest BCUT2D eigenvalue weighted by Crippen LogP contribution is -2.53. The highest BCUT2D eigenvalue weighted by atomic mass is 16.7. The number of ether oxygens (including phenoxy) is 3. The van der Waals surface area contributed by atoms with Crippen LogP contribution in [-0.2, 0) is 19.0 Å². The Bertz CT molecular complexity index is 342. The lowest BCUT2D eigenvalue weighted by molar-refractivity contribution is -0.195. The van der Waals surface area contributed by atoms with Gasteiger partial charge >= 0.3 is 0 Å². The summed E-state index contributed by atoms with van der Waals surface area (Å²) in [5.41, 5.74) is -0.195. The molecule has 1 saturated carbocycles. The van der Waals surface area contributed by atoms with Crippen LogP contribution in [-0.4, -0.2) is 55.6 Å². The van der Waals surface area contributed by atoms with Crippen LogP contribution in [0.2, 0.25) is 0 Å². The van der Waals surface area contributed by atoms with Gasteiger partial charge in [-0.3, -0.25) is 4.79 Å². The number of piperidine rings is 1. The molecule has 0 atom stereocenters. The Balaban J connectivity index is 1.60. The average molecular weight is 269 g/mol. The first-order valence-electron chi connectivity index (χ1n) is 7.28. The van der Waals surface area contributed by atoms with E-state index in [2.05, 4.69) is 0 Å². The molecule has 2 heterocycles. The third kappa shape index (κ3) is 2.51. The molecular weight excluding hydrogens is 246 g/mol. The van der Waals surface area contributed by atoms with E-state index in [0.29, 0.717) is 26.2 Å². The van der Waals surface area contributed by atoms with Gasteiger partial charge in [-0.15, -0.1) is 0 Å². The molecule has 1 spiro atoms. The van der Waals surface area contributed by atoms with Crippen LogP contribution in [0.15, 0.2) is 0 Å². The van der Waals surface area contributed by atoms with Crippen molar-refractivity contribution in [3.8, 4) is 0 Å². The highest BCUT2D eigenvalue weighted by Gasteiger charge is 2.45. The van der Waals surface area contributed by atoms with Crippen LogP contribution in [0.25, 0.3) is 0 Å². The van der Waals surface area contributed by atoms with Crippen molar-refractivity contribution in [2.75, 3.05) is 33.4 Å². The Morgan fingerprint density at radius 3 is 2.53 bits per heavy atom. The number of likely N-dealkylation sites (tertiary alicyclic amines) is 1. The van der Waals surface area contributed by atoms with Gasteiger partial charge in [-0.2, -0.15) is 0 Å². The van der Waals surface area contributed by atoms with Gasteiger partial charge in [0.05, 0.1) is 31.8 Å². The Morgan fingerprint density at radius 2 is 1.95 bits per heavy atom. The molecular formula is C14H23NO4. The lowest BCUT2D eigenvalue weighted by Gasteiger charge is -2.43. The molecule has 3 aliphatic rings. The Morgan fingerprint density at radius 1 is 1.21 bits per heavy atom. The molecule has 5 heteroatoms. The Hall–Kier alpha value is -0.650. The SMILES string of the molecule is COC1(CC(=O)N2CCCC3(C2)OCCO3)CCC1. The van der Waals surface area contributed by atoms with E-state index in [9.17, 15) is 4.79 Å². The zero-order chi connectivity index (χ0) is 13.3. The number of rotatable bonds is 3. The number of carbonyl (C=O) groups is 1. The summed E-state index contributed by atoms with van der Waals surface area (Å²) in [6.45, 7) is 2.67. The fraction of sp³-hybridized carbons (Fsp3) is 0.929. The summed E-state index contributed by atoms with van der Waals surface area (Å²) in [7, 11) is 1.72. The minimum Gasteiger partial charge on any atom is -0.378 e. The van der Waals surface area contributed by atoms with Gasteiger partial charge in [0.25, 0.3) is 0 Å². The summed E-state index contributed by atoms with van der Waals surface area (Å²) in [6, 6.07) is 0. The van der Waals surface area contributed by atoms with E-state index in [4.69, 9.17) is 14.2 Å². The predicted molar refractivity (Wildman–Crippen MR) is 68.7 cm³/mol. The van der Waals surface area contributed by atoms with Crippen molar-refractivity contribution in [1.82, 2.24) is 4.90 Å². The van der Waals surface area contributed by atoms with Crippen molar-refractivity contribution in [2.24, 2.45) is 0 Å². The molecule has 0 N–H and O–H groups in total. The molecule has 0 aromatic carbocycles. The third-order valence-electron chi connectivity index (χ3n) is 4.75. The minimum atomic E-state index is -0.520. The van der Waals surface area contributed by atoms with Crippen molar-refractivity contribution >= 4 is 5.91 Å². The van der Waals surface area contributed by atoms with E-state index in [1.54, 1.807) is 7.11 Å². The van der Waals surface area contributed by atoms with E-state index in [0.717, 1.165) is 38.6 Å². The number of hydrogen-bond acceptors (Lipinski definition) is 4. The number of hydrogen-bond donors (Lipinski definition) is 0. The van der Waals surface area contributed by atoms with Gasteiger partial charge < -0.3 is 19.1 Å². The maximum atomic E-state index is 12.4. The molecule has 108 valence electrons. The van der Waals surface area contributed by atoms with Gasteiger partial charge in [0, 0.05) is 20.1 Å². The molecule has 0 aromatic rings. The van der Waals surface area contributed by atoms with Crippen LogP contribution >= 0.6 is 0 Å². The monoisotopic (exact) mass is 269 g/mol. The Labute approximate surface area is 114 Å². The van der Waals surface area contributed by atoms with E-state index < -0.39 is 5.79 Å². The zero-order valence-electron chi connectivity index (χ0n) is 11.7. The van der Waals surface area contributed by atoms with Gasteiger partial charge in [0.15, 0.2) is 5.79 Å². The van der Waals surface area contributed by atoms with E-state index in [1.165, 1.54) is 0 Å².